The number of halogens is 3. The van der Waals surface area contributed by atoms with Crippen LogP contribution in [-0.4, -0.2) is 27.1 Å². The molecule has 0 radical (unpaired) electrons. The van der Waals surface area contributed by atoms with Crippen LogP contribution in [0.3, 0.4) is 0 Å². The molecule has 2 heterocycles. The van der Waals surface area contributed by atoms with E-state index < -0.39 is 11.7 Å². The fraction of sp³-hybridized carbons (Fsp3) is 0.148. The second-order valence-electron chi connectivity index (χ2n) is 8.10. The monoisotopic (exact) mass is 490 g/mol. The number of ether oxygens (including phenoxy) is 2. The molecule has 0 aliphatic carbocycles. The molecule has 0 amide bonds. The number of hydrogen-bond acceptors (Lipinski definition) is 5. The Labute approximate surface area is 204 Å². The highest BCUT2D eigenvalue weighted by molar-refractivity contribution is 5.85. The van der Waals surface area contributed by atoms with E-state index in [0.717, 1.165) is 40.0 Å². The van der Waals surface area contributed by atoms with Gasteiger partial charge in [0.1, 0.15) is 11.4 Å². The minimum atomic E-state index is -4.39. The van der Waals surface area contributed by atoms with Gasteiger partial charge >= 0.3 is 6.18 Å². The predicted molar refractivity (Wildman–Crippen MR) is 129 cm³/mol. The lowest BCUT2D eigenvalue weighted by atomic mass is 10.0. The molecule has 6 nitrogen and oxygen atoms in total. The molecular formula is C27H21F3N4O2. The van der Waals surface area contributed by atoms with Crippen LogP contribution >= 0.6 is 0 Å². The summed E-state index contributed by atoms with van der Waals surface area (Å²) in [6.45, 7) is 0.508. The van der Waals surface area contributed by atoms with E-state index in [2.05, 4.69) is 15.3 Å². The molecule has 5 aromatic rings. The summed E-state index contributed by atoms with van der Waals surface area (Å²) in [5.41, 5.74) is 3.59. The number of rotatable bonds is 7. The number of nitrogens with zero attached hydrogens (tertiary/aromatic N) is 4. The molecule has 0 saturated carbocycles. The van der Waals surface area contributed by atoms with Gasteiger partial charge in [-0.25, -0.2) is 9.67 Å². The summed E-state index contributed by atoms with van der Waals surface area (Å²) in [5.74, 6) is 0.752. The van der Waals surface area contributed by atoms with Gasteiger partial charge in [-0.15, -0.1) is 5.10 Å². The summed E-state index contributed by atoms with van der Waals surface area (Å²) in [6.07, 6.45) is -2.59. The second-order valence-corrected chi connectivity index (χ2v) is 8.10. The molecule has 0 spiro atoms. The van der Waals surface area contributed by atoms with Crippen LogP contribution in [0.1, 0.15) is 16.8 Å². The molecule has 182 valence electrons. The number of fused-ring (bicyclic) bond motifs is 1. The largest absolute Gasteiger partial charge is 0.497 e. The van der Waals surface area contributed by atoms with Gasteiger partial charge < -0.3 is 9.47 Å². The number of benzene rings is 3. The number of para-hydroxylation sites is 1. The molecule has 0 atom stereocenters. The average Bonchev–Trinajstić information content (AvgIpc) is 3.37. The molecule has 0 bridgehead atoms. The smallest absolute Gasteiger partial charge is 0.416 e. The quantitative estimate of drug-likeness (QED) is 0.271. The third kappa shape index (κ3) is 5.06. The summed E-state index contributed by atoms with van der Waals surface area (Å²) in [7, 11) is 1.61. The third-order valence-corrected chi connectivity index (χ3v) is 5.70. The Balaban J connectivity index is 1.33. The molecule has 5 rings (SSSR count). The fourth-order valence-electron chi connectivity index (χ4n) is 3.84. The fourth-order valence-corrected chi connectivity index (χ4v) is 3.84. The lowest BCUT2D eigenvalue weighted by Gasteiger charge is -2.11. The Hall–Kier alpha value is -4.24. The molecule has 0 aliphatic heterocycles. The van der Waals surface area contributed by atoms with Crippen molar-refractivity contribution >= 4 is 10.9 Å². The van der Waals surface area contributed by atoms with E-state index in [1.54, 1.807) is 18.0 Å². The predicted octanol–water partition coefficient (Wildman–Crippen LogP) is 6.23. The Morgan fingerprint density at radius 2 is 1.64 bits per heavy atom. The molecule has 3 aromatic carbocycles. The first kappa shape index (κ1) is 23.5. The lowest BCUT2D eigenvalue weighted by Crippen LogP contribution is -2.04. The van der Waals surface area contributed by atoms with Crippen molar-refractivity contribution in [2.24, 2.45) is 0 Å². The summed E-state index contributed by atoms with van der Waals surface area (Å²) in [6, 6.07) is 21.9. The number of aromatic nitrogens is 4. The Kier molecular flexibility index (Phi) is 6.39. The van der Waals surface area contributed by atoms with Gasteiger partial charge in [0, 0.05) is 10.9 Å². The first-order chi connectivity index (χ1) is 17.4. The molecule has 0 unspecified atom stereocenters. The van der Waals surface area contributed by atoms with Crippen LogP contribution in [-0.2, 0) is 24.1 Å². The normalized spacial score (nSPS) is 11.7. The maximum absolute atomic E-state index is 13.0. The highest BCUT2D eigenvalue weighted by atomic mass is 19.4. The van der Waals surface area contributed by atoms with Gasteiger partial charge in [0.2, 0.25) is 0 Å². The van der Waals surface area contributed by atoms with Gasteiger partial charge in [-0.1, -0.05) is 35.5 Å². The minimum Gasteiger partial charge on any atom is -0.497 e. The maximum Gasteiger partial charge on any atom is 0.416 e. The standard InChI is InChI=1S/C27H21F3N4O2/c1-35-23-12-10-22(11-13-23)34-15-21(32-33-34)17-36-16-19-14-26(31-25-5-3-2-4-24(19)25)18-6-8-20(9-7-18)27(28,29)30/h2-15H,16-17H2,1H3. The molecule has 0 fully saturated rings. The van der Waals surface area contributed by atoms with E-state index in [1.807, 2.05) is 54.6 Å². The lowest BCUT2D eigenvalue weighted by molar-refractivity contribution is -0.137. The highest BCUT2D eigenvalue weighted by Crippen LogP contribution is 2.31. The molecule has 36 heavy (non-hydrogen) atoms. The van der Waals surface area contributed by atoms with E-state index in [0.29, 0.717) is 17.0 Å². The molecule has 2 aromatic heterocycles. The van der Waals surface area contributed by atoms with Crippen molar-refractivity contribution in [3.8, 4) is 22.7 Å². The van der Waals surface area contributed by atoms with E-state index >= 15 is 0 Å². The average molecular weight is 490 g/mol. The van der Waals surface area contributed by atoms with Gasteiger partial charge in [-0.2, -0.15) is 13.2 Å². The van der Waals surface area contributed by atoms with E-state index in [9.17, 15) is 13.2 Å². The topological polar surface area (TPSA) is 62.1 Å². The summed E-state index contributed by atoms with van der Waals surface area (Å²) < 4.78 is 51.6. The Morgan fingerprint density at radius 3 is 2.36 bits per heavy atom. The second kappa shape index (κ2) is 9.79. The first-order valence-electron chi connectivity index (χ1n) is 11.1. The summed E-state index contributed by atoms with van der Waals surface area (Å²) >= 11 is 0. The Bertz CT molecular complexity index is 1480. The molecule has 0 saturated heterocycles. The van der Waals surface area contributed by atoms with Crippen molar-refractivity contribution in [3.05, 3.63) is 102 Å². The minimum absolute atomic E-state index is 0.239. The first-order valence-corrected chi connectivity index (χ1v) is 11.1. The SMILES string of the molecule is COc1ccc(-n2cc(COCc3cc(-c4ccc(C(F)(F)F)cc4)nc4ccccc34)nn2)cc1. The van der Waals surface area contributed by atoms with Crippen LogP contribution in [0.15, 0.2) is 85.1 Å². The number of methoxy groups -OCH3 is 1. The third-order valence-electron chi connectivity index (χ3n) is 5.70. The number of alkyl halides is 3. The highest BCUT2D eigenvalue weighted by Gasteiger charge is 2.30. The van der Waals surface area contributed by atoms with Gasteiger partial charge in [0.15, 0.2) is 0 Å². The zero-order chi connectivity index (χ0) is 25.1. The zero-order valence-corrected chi connectivity index (χ0v) is 19.2. The van der Waals surface area contributed by atoms with Crippen LogP contribution in [0.25, 0.3) is 27.8 Å². The van der Waals surface area contributed by atoms with E-state index in [-0.39, 0.29) is 13.2 Å². The summed E-state index contributed by atoms with van der Waals surface area (Å²) in [4.78, 5) is 4.64. The van der Waals surface area contributed by atoms with Crippen LogP contribution in [0.4, 0.5) is 13.2 Å². The number of pyridine rings is 1. The van der Waals surface area contributed by atoms with Crippen molar-refractivity contribution in [1.82, 2.24) is 20.0 Å². The molecule has 0 aliphatic rings. The van der Waals surface area contributed by atoms with E-state index in [4.69, 9.17) is 9.47 Å². The number of hydrogen-bond donors (Lipinski definition) is 0. The Morgan fingerprint density at radius 1 is 0.889 bits per heavy atom. The van der Waals surface area contributed by atoms with Crippen LogP contribution < -0.4 is 4.74 Å². The van der Waals surface area contributed by atoms with Gasteiger partial charge in [-0.3, -0.25) is 0 Å². The van der Waals surface area contributed by atoms with E-state index in [1.165, 1.54) is 12.1 Å². The van der Waals surface area contributed by atoms with Gasteiger partial charge in [0.05, 0.1) is 49.0 Å². The van der Waals surface area contributed by atoms with Crippen LogP contribution in [0.5, 0.6) is 5.75 Å². The van der Waals surface area contributed by atoms with Crippen LogP contribution in [0, 0.1) is 0 Å². The van der Waals surface area contributed by atoms with Crippen molar-refractivity contribution < 1.29 is 22.6 Å². The van der Waals surface area contributed by atoms with Crippen LogP contribution in [0.2, 0.25) is 0 Å². The zero-order valence-electron chi connectivity index (χ0n) is 19.2. The van der Waals surface area contributed by atoms with Gasteiger partial charge in [-0.05, 0) is 54.1 Å². The summed E-state index contributed by atoms with van der Waals surface area (Å²) in [5, 5.41) is 9.24. The molecule has 0 N–H and O–H groups in total. The van der Waals surface area contributed by atoms with Crippen molar-refractivity contribution in [2.45, 2.75) is 19.4 Å². The van der Waals surface area contributed by atoms with Gasteiger partial charge in [0.25, 0.3) is 0 Å². The van der Waals surface area contributed by atoms with Crippen molar-refractivity contribution in [2.75, 3.05) is 7.11 Å². The maximum atomic E-state index is 13.0. The molecule has 9 heteroatoms. The van der Waals surface area contributed by atoms with Crippen molar-refractivity contribution in [3.63, 3.8) is 0 Å². The molecular weight excluding hydrogens is 469 g/mol. The van der Waals surface area contributed by atoms with Crippen molar-refractivity contribution in [1.29, 1.82) is 0 Å².